The van der Waals surface area contributed by atoms with Gasteiger partial charge < -0.3 is 0 Å². The number of hydrazine groups is 1. The van der Waals surface area contributed by atoms with Crippen LogP contribution in [0.25, 0.3) is 5.69 Å². The summed E-state index contributed by atoms with van der Waals surface area (Å²) in [6.45, 7) is 0. The number of nitrogens with two attached hydrogens (primary N) is 1. The molecule has 0 unspecified atom stereocenters. The molecule has 2 rings (SSSR count). The zero-order valence-electron chi connectivity index (χ0n) is 9.73. The maximum absolute atomic E-state index is 9.04. The van der Waals surface area contributed by atoms with Crippen LogP contribution < -0.4 is 10.9 Å². The van der Waals surface area contributed by atoms with E-state index in [1.54, 1.807) is 19.2 Å². The van der Waals surface area contributed by atoms with E-state index in [1.165, 1.54) is 15.9 Å². The van der Waals surface area contributed by atoms with Crippen molar-refractivity contribution in [3.8, 4) is 11.8 Å². The molecule has 8 heteroatoms. The van der Waals surface area contributed by atoms with Crippen LogP contribution in [0.5, 0.6) is 0 Å². The minimum Gasteiger partial charge on any atom is -0.297 e. The number of hydrogen-bond donors (Lipinski definition) is 1. The first kappa shape index (κ1) is 14.0. The van der Waals surface area contributed by atoms with Crippen molar-refractivity contribution < 1.29 is 0 Å². The molecule has 19 heavy (non-hydrogen) atoms. The average Bonchev–Trinajstić information content (AvgIpc) is 2.71. The second-order valence-corrected chi connectivity index (χ2v) is 4.99. The number of benzene rings is 1. The number of rotatable bonds is 2. The van der Waals surface area contributed by atoms with Crippen LogP contribution in [-0.4, -0.2) is 16.8 Å². The highest BCUT2D eigenvalue weighted by Gasteiger charge is 2.19. The Morgan fingerprint density at radius 2 is 1.89 bits per heavy atom. The van der Waals surface area contributed by atoms with E-state index in [2.05, 4.69) is 5.10 Å². The lowest BCUT2D eigenvalue weighted by molar-refractivity contribution is 0.834. The summed E-state index contributed by atoms with van der Waals surface area (Å²) in [5, 5.41) is 15.4. The summed E-state index contributed by atoms with van der Waals surface area (Å²) in [5.41, 5.74) is 0.730. The summed E-state index contributed by atoms with van der Waals surface area (Å²) in [4.78, 5) is 0. The third-order valence-corrected chi connectivity index (χ3v) is 3.19. The van der Waals surface area contributed by atoms with Gasteiger partial charge in [-0.05, 0) is 12.1 Å². The fourth-order valence-electron chi connectivity index (χ4n) is 1.66. The van der Waals surface area contributed by atoms with Gasteiger partial charge in [0.25, 0.3) is 0 Å². The van der Waals surface area contributed by atoms with E-state index in [0.717, 1.165) is 0 Å². The maximum atomic E-state index is 9.04. The molecule has 2 aromatic rings. The minimum atomic E-state index is 0.312. The monoisotopic (exact) mass is 315 g/mol. The Bertz CT molecular complexity index is 648. The predicted octanol–water partition coefficient (Wildman–Crippen LogP) is 3.01. The Balaban J connectivity index is 2.74. The van der Waals surface area contributed by atoms with Gasteiger partial charge in [0.1, 0.15) is 17.3 Å². The van der Waals surface area contributed by atoms with E-state index in [9.17, 15) is 0 Å². The molecule has 1 heterocycles. The van der Waals surface area contributed by atoms with Gasteiger partial charge >= 0.3 is 0 Å². The quantitative estimate of drug-likeness (QED) is 0.683. The Kier molecular flexibility index (Phi) is 3.88. The molecule has 5 nitrogen and oxygen atoms in total. The summed E-state index contributed by atoms with van der Waals surface area (Å²) in [6.07, 6.45) is 1.39. The molecule has 0 saturated carbocycles. The van der Waals surface area contributed by atoms with Gasteiger partial charge in [0.2, 0.25) is 0 Å². The van der Waals surface area contributed by atoms with Gasteiger partial charge in [0.15, 0.2) is 5.82 Å². The van der Waals surface area contributed by atoms with Crippen molar-refractivity contribution in [3.63, 3.8) is 0 Å². The van der Waals surface area contributed by atoms with Crippen molar-refractivity contribution in [1.29, 1.82) is 5.26 Å². The standard InChI is InChI=1S/C11H8Cl3N5/c1-18(16)11-6(4-15)5-17-19(11)10-8(13)2-7(12)3-9(10)14/h2-3,5H,16H2,1H3. The van der Waals surface area contributed by atoms with E-state index in [1.807, 2.05) is 6.07 Å². The molecule has 0 spiro atoms. The lowest BCUT2D eigenvalue weighted by Crippen LogP contribution is -2.28. The van der Waals surface area contributed by atoms with Crippen LogP contribution in [0.2, 0.25) is 15.1 Å². The largest absolute Gasteiger partial charge is 0.297 e. The van der Waals surface area contributed by atoms with Crippen molar-refractivity contribution in [3.05, 3.63) is 39.0 Å². The smallest absolute Gasteiger partial charge is 0.164 e. The number of nitriles is 1. The molecular formula is C11H8Cl3N5. The fraction of sp³-hybridized carbons (Fsp3) is 0.0909. The fourth-order valence-corrected chi connectivity index (χ4v) is 2.64. The average molecular weight is 317 g/mol. The van der Waals surface area contributed by atoms with Crippen LogP contribution in [0.1, 0.15) is 5.56 Å². The second kappa shape index (κ2) is 5.27. The molecule has 0 aliphatic carbocycles. The summed E-state index contributed by atoms with van der Waals surface area (Å²) in [5.74, 6) is 6.09. The molecule has 0 saturated heterocycles. The number of halogens is 3. The third-order valence-electron chi connectivity index (χ3n) is 2.39. The van der Waals surface area contributed by atoms with E-state index in [-0.39, 0.29) is 0 Å². The minimum absolute atomic E-state index is 0.312. The predicted molar refractivity (Wildman–Crippen MR) is 75.9 cm³/mol. The van der Waals surface area contributed by atoms with Crippen LogP contribution in [0, 0.1) is 11.3 Å². The van der Waals surface area contributed by atoms with Gasteiger partial charge in [0.05, 0.1) is 16.2 Å². The van der Waals surface area contributed by atoms with Gasteiger partial charge in [-0.3, -0.25) is 5.01 Å². The van der Waals surface area contributed by atoms with Crippen molar-refractivity contribution in [2.75, 3.05) is 12.1 Å². The third kappa shape index (κ3) is 2.48. The van der Waals surface area contributed by atoms with Gasteiger partial charge in [-0.25, -0.2) is 10.5 Å². The number of nitrogens with zero attached hydrogens (tertiary/aromatic N) is 4. The molecule has 1 aromatic carbocycles. The molecule has 0 bridgehead atoms. The van der Waals surface area contributed by atoms with E-state index < -0.39 is 0 Å². The first-order valence-electron chi connectivity index (χ1n) is 5.07. The molecule has 0 fully saturated rings. The summed E-state index contributed by atoms with van der Waals surface area (Å²) in [7, 11) is 1.59. The Morgan fingerprint density at radius 1 is 1.32 bits per heavy atom. The van der Waals surface area contributed by atoms with Crippen molar-refractivity contribution in [2.24, 2.45) is 5.84 Å². The highest BCUT2D eigenvalue weighted by atomic mass is 35.5. The zero-order chi connectivity index (χ0) is 14.2. The van der Waals surface area contributed by atoms with Crippen molar-refractivity contribution in [1.82, 2.24) is 9.78 Å². The highest BCUT2D eigenvalue weighted by molar-refractivity contribution is 6.40. The normalized spacial score (nSPS) is 10.3. The van der Waals surface area contributed by atoms with Gasteiger partial charge in [-0.1, -0.05) is 34.8 Å². The molecule has 0 amide bonds. The van der Waals surface area contributed by atoms with Gasteiger partial charge in [0, 0.05) is 12.1 Å². The molecule has 0 radical (unpaired) electrons. The van der Waals surface area contributed by atoms with Crippen molar-refractivity contribution >= 4 is 40.6 Å². The molecule has 98 valence electrons. The number of hydrogen-bond acceptors (Lipinski definition) is 4. The second-order valence-electron chi connectivity index (χ2n) is 3.73. The summed E-state index contributed by atoms with van der Waals surface area (Å²) >= 11 is 18.1. The molecule has 1 aromatic heterocycles. The summed E-state index contributed by atoms with van der Waals surface area (Å²) in [6, 6.07) is 5.08. The van der Waals surface area contributed by atoms with Crippen molar-refractivity contribution in [2.45, 2.75) is 0 Å². The maximum Gasteiger partial charge on any atom is 0.164 e. The van der Waals surface area contributed by atoms with Crippen LogP contribution in [0.15, 0.2) is 18.3 Å². The zero-order valence-corrected chi connectivity index (χ0v) is 12.0. The Morgan fingerprint density at radius 3 is 2.37 bits per heavy atom. The van der Waals surface area contributed by atoms with E-state index in [4.69, 9.17) is 45.9 Å². The lowest BCUT2D eigenvalue weighted by Gasteiger charge is -2.16. The summed E-state index contributed by atoms with van der Waals surface area (Å²) < 4.78 is 1.40. The number of aromatic nitrogens is 2. The molecule has 2 N–H and O–H groups in total. The van der Waals surface area contributed by atoms with E-state index >= 15 is 0 Å². The molecule has 0 aliphatic heterocycles. The van der Waals surface area contributed by atoms with Gasteiger partial charge in [-0.15, -0.1) is 0 Å². The number of anilines is 1. The van der Waals surface area contributed by atoms with Crippen LogP contribution in [0.3, 0.4) is 0 Å². The van der Waals surface area contributed by atoms with Gasteiger partial charge in [-0.2, -0.15) is 10.4 Å². The lowest BCUT2D eigenvalue weighted by atomic mass is 10.3. The first-order chi connectivity index (χ1) is 8.95. The first-order valence-corrected chi connectivity index (χ1v) is 6.20. The van der Waals surface area contributed by atoms with Crippen LogP contribution in [0.4, 0.5) is 5.82 Å². The van der Waals surface area contributed by atoms with Crippen LogP contribution in [-0.2, 0) is 0 Å². The molecule has 0 atom stereocenters. The van der Waals surface area contributed by atoms with E-state index in [0.29, 0.717) is 32.1 Å². The Hall–Kier alpha value is -1.45. The topological polar surface area (TPSA) is 70.9 Å². The SMILES string of the molecule is CN(N)c1c(C#N)cnn1-c1c(Cl)cc(Cl)cc1Cl. The highest BCUT2D eigenvalue weighted by Crippen LogP contribution is 2.34. The Labute approximate surface area is 124 Å². The molecule has 0 aliphatic rings. The molecular weight excluding hydrogens is 309 g/mol. The van der Waals surface area contributed by atoms with Crippen LogP contribution >= 0.6 is 34.8 Å².